The average molecular weight is 238 g/mol. The van der Waals surface area contributed by atoms with Crippen molar-refractivity contribution in [1.29, 1.82) is 0 Å². The summed E-state index contributed by atoms with van der Waals surface area (Å²) in [4.78, 5) is 11.4. The van der Waals surface area contributed by atoms with Crippen molar-refractivity contribution < 1.29 is 22.7 Å². The first-order chi connectivity index (χ1) is 8.13. The third-order valence-corrected chi connectivity index (χ3v) is 2.25. The summed E-state index contributed by atoms with van der Waals surface area (Å²) in [6.07, 6.45) is 1.37. The summed E-state index contributed by atoms with van der Waals surface area (Å²) in [5.74, 6) is -2.65. The number of furan rings is 1. The Morgan fingerprint density at radius 2 is 2.00 bits per heavy atom. The molecular formula is C12H8F2O3. The zero-order valence-corrected chi connectivity index (χ0v) is 8.87. The lowest BCUT2D eigenvalue weighted by Gasteiger charge is -2.06. The van der Waals surface area contributed by atoms with E-state index in [-0.39, 0.29) is 16.9 Å². The maximum atomic E-state index is 13.1. The van der Waals surface area contributed by atoms with Gasteiger partial charge in [0, 0.05) is 5.56 Å². The molecule has 88 valence electrons. The molecule has 2 aromatic rings. The number of esters is 1. The van der Waals surface area contributed by atoms with Gasteiger partial charge in [0.1, 0.15) is 5.76 Å². The van der Waals surface area contributed by atoms with Gasteiger partial charge in [0.2, 0.25) is 0 Å². The molecule has 0 aliphatic heterocycles. The summed E-state index contributed by atoms with van der Waals surface area (Å²) in [5.41, 5.74) is 0.0714. The van der Waals surface area contributed by atoms with E-state index in [2.05, 4.69) is 4.74 Å². The van der Waals surface area contributed by atoms with Gasteiger partial charge in [0.15, 0.2) is 11.6 Å². The number of rotatable bonds is 2. The fourth-order valence-corrected chi connectivity index (χ4v) is 1.46. The van der Waals surface area contributed by atoms with Crippen molar-refractivity contribution in [3.05, 3.63) is 47.7 Å². The summed E-state index contributed by atoms with van der Waals surface area (Å²) in [6.45, 7) is 0. The smallest absolute Gasteiger partial charge is 0.338 e. The SMILES string of the molecule is COC(=O)c1cc(F)c(F)cc1-c1ccco1. The monoisotopic (exact) mass is 238 g/mol. The number of methoxy groups -OCH3 is 1. The number of halogens is 2. The van der Waals surface area contributed by atoms with E-state index in [0.717, 1.165) is 19.2 Å². The van der Waals surface area contributed by atoms with Crippen LogP contribution in [0.25, 0.3) is 11.3 Å². The van der Waals surface area contributed by atoms with Crippen LogP contribution in [0.5, 0.6) is 0 Å². The maximum absolute atomic E-state index is 13.1. The van der Waals surface area contributed by atoms with E-state index in [1.54, 1.807) is 12.1 Å². The molecule has 0 amide bonds. The molecule has 0 bridgehead atoms. The van der Waals surface area contributed by atoms with Gasteiger partial charge in [0.05, 0.1) is 18.9 Å². The Hall–Kier alpha value is -2.17. The van der Waals surface area contributed by atoms with Crippen LogP contribution in [0, 0.1) is 11.6 Å². The molecule has 0 spiro atoms. The quantitative estimate of drug-likeness (QED) is 0.755. The van der Waals surface area contributed by atoms with Crippen LogP contribution in [0.3, 0.4) is 0 Å². The van der Waals surface area contributed by atoms with Crippen LogP contribution in [0.1, 0.15) is 10.4 Å². The van der Waals surface area contributed by atoms with E-state index in [1.807, 2.05) is 0 Å². The summed E-state index contributed by atoms with van der Waals surface area (Å²) in [6, 6.07) is 4.82. The molecule has 1 aromatic carbocycles. The molecular weight excluding hydrogens is 230 g/mol. The molecule has 0 unspecified atom stereocenters. The molecule has 17 heavy (non-hydrogen) atoms. The normalized spacial score (nSPS) is 10.3. The molecule has 0 saturated heterocycles. The molecule has 2 rings (SSSR count). The van der Waals surface area contributed by atoms with Gasteiger partial charge >= 0.3 is 5.97 Å². The Morgan fingerprint density at radius 3 is 2.59 bits per heavy atom. The highest BCUT2D eigenvalue weighted by Gasteiger charge is 2.19. The van der Waals surface area contributed by atoms with Crippen molar-refractivity contribution in [1.82, 2.24) is 0 Å². The molecule has 1 heterocycles. The minimum absolute atomic E-state index is 0.0821. The predicted molar refractivity (Wildman–Crippen MR) is 55.4 cm³/mol. The lowest BCUT2D eigenvalue weighted by molar-refractivity contribution is 0.0600. The van der Waals surface area contributed by atoms with Gasteiger partial charge < -0.3 is 9.15 Å². The van der Waals surface area contributed by atoms with Gasteiger partial charge in [0.25, 0.3) is 0 Å². The Labute approximate surface area is 95.6 Å². The Bertz CT molecular complexity index is 547. The molecule has 3 nitrogen and oxygen atoms in total. The molecule has 0 saturated carbocycles. The van der Waals surface area contributed by atoms with E-state index in [0.29, 0.717) is 0 Å². The zero-order valence-electron chi connectivity index (χ0n) is 8.87. The fourth-order valence-electron chi connectivity index (χ4n) is 1.46. The number of benzene rings is 1. The van der Waals surface area contributed by atoms with Crippen molar-refractivity contribution >= 4 is 5.97 Å². The van der Waals surface area contributed by atoms with E-state index in [1.165, 1.54) is 6.26 Å². The summed E-state index contributed by atoms with van der Waals surface area (Å²) in [5, 5.41) is 0. The Morgan fingerprint density at radius 1 is 1.29 bits per heavy atom. The number of carbonyl (C=O) groups is 1. The van der Waals surface area contributed by atoms with Crippen LogP contribution in [0.4, 0.5) is 8.78 Å². The molecule has 0 N–H and O–H groups in total. The first-order valence-electron chi connectivity index (χ1n) is 4.74. The third kappa shape index (κ3) is 2.04. The van der Waals surface area contributed by atoms with Gasteiger partial charge in [-0.15, -0.1) is 0 Å². The van der Waals surface area contributed by atoms with Crippen molar-refractivity contribution in [2.24, 2.45) is 0 Å². The molecule has 0 aliphatic rings. The largest absolute Gasteiger partial charge is 0.465 e. The van der Waals surface area contributed by atoms with Crippen molar-refractivity contribution in [3.8, 4) is 11.3 Å². The summed E-state index contributed by atoms with van der Waals surface area (Å²) in [7, 11) is 1.16. The lowest BCUT2D eigenvalue weighted by Crippen LogP contribution is -2.05. The summed E-state index contributed by atoms with van der Waals surface area (Å²) >= 11 is 0. The number of hydrogen-bond donors (Lipinski definition) is 0. The highest BCUT2D eigenvalue weighted by molar-refractivity contribution is 5.96. The second kappa shape index (κ2) is 4.37. The minimum atomic E-state index is -1.11. The van der Waals surface area contributed by atoms with Crippen LogP contribution in [-0.2, 0) is 4.74 Å². The topological polar surface area (TPSA) is 39.4 Å². The van der Waals surface area contributed by atoms with E-state index < -0.39 is 17.6 Å². The first kappa shape index (κ1) is 11.3. The van der Waals surface area contributed by atoms with E-state index in [9.17, 15) is 13.6 Å². The average Bonchev–Trinajstić information content (AvgIpc) is 2.84. The second-order valence-corrected chi connectivity index (χ2v) is 3.28. The summed E-state index contributed by atoms with van der Waals surface area (Å²) < 4.78 is 35.8. The molecule has 0 atom stereocenters. The van der Waals surface area contributed by atoms with Gasteiger partial charge in [-0.3, -0.25) is 0 Å². The fraction of sp³-hybridized carbons (Fsp3) is 0.0833. The number of carbonyl (C=O) groups excluding carboxylic acids is 1. The molecule has 1 aromatic heterocycles. The molecule has 0 aliphatic carbocycles. The van der Waals surface area contributed by atoms with Crippen LogP contribution < -0.4 is 0 Å². The van der Waals surface area contributed by atoms with E-state index >= 15 is 0 Å². The predicted octanol–water partition coefficient (Wildman–Crippen LogP) is 3.01. The molecule has 0 fully saturated rings. The highest BCUT2D eigenvalue weighted by atomic mass is 19.2. The Kier molecular flexibility index (Phi) is 2.91. The van der Waals surface area contributed by atoms with Crippen LogP contribution in [0.2, 0.25) is 0 Å². The lowest BCUT2D eigenvalue weighted by atomic mass is 10.0. The van der Waals surface area contributed by atoms with Gasteiger partial charge in [-0.1, -0.05) is 0 Å². The van der Waals surface area contributed by atoms with Crippen LogP contribution in [-0.4, -0.2) is 13.1 Å². The number of ether oxygens (including phenoxy) is 1. The van der Waals surface area contributed by atoms with Crippen LogP contribution in [0.15, 0.2) is 34.9 Å². The zero-order chi connectivity index (χ0) is 12.4. The van der Waals surface area contributed by atoms with E-state index in [4.69, 9.17) is 4.42 Å². The number of hydrogen-bond acceptors (Lipinski definition) is 3. The minimum Gasteiger partial charge on any atom is -0.465 e. The van der Waals surface area contributed by atoms with Crippen molar-refractivity contribution in [3.63, 3.8) is 0 Å². The van der Waals surface area contributed by atoms with Gasteiger partial charge in [-0.2, -0.15) is 0 Å². The van der Waals surface area contributed by atoms with Crippen LogP contribution >= 0.6 is 0 Å². The van der Waals surface area contributed by atoms with Gasteiger partial charge in [-0.05, 0) is 24.3 Å². The second-order valence-electron chi connectivity index (χ2n) is 3.28. The Balaban J connectivity index is 2.64. The third-order valence-electron chi connectivity index (χ3n) is 2.25. The van der Waals surface area contributed by atoms with Gasteiger partial charge in [-0.25, -0.2) is 13.6 Å². The first-order valence-corrected chi connectivity index (χ1v) is 4.74. The van der Waals surface area contributed by atoms with Crippen molar-refractivity contribution in [2.75, 3.05) is 7.11 Å². The maximum Gasteiger partial charge on any atom is 0.338 e. The standard InChI is InChI=1S/C12H8F2O3/c1-16-12(15)8-6-10(14)9(13)5-7(8)11-3-2-4-17-11/h2-6H,1H3. The van der Waals surface area contributed by atoms with Crippen molar-refractivity contribution in [2.45, 2.75) is 0 Å². The molecule has 5 heteroatoms. The molecule has 0 radical (unpaired) electrons. The highest BCUT2D eigenvalue weighted by Crippen LogP contribution is 2.27.